The Hall–Kier alpha value is -12.7. The van der Waals surface area contributed by atoms with Crippen LogP contribution >= 0.6 is 34.4 Å². The first kappa shape index (κ1) is 84.7. The molecule has 12 heterocycles. The van der Waals surface area contributed by atoms with Gasteiger partial charge >= 0.3 is 34.4 Å². The van der Waals surface area contributed by atoms with E-state index in [-0.39, 0.29) is 64.1 Å². The van der Waals surface area contributed by atoms with E-state index in [0.29, 0.717) is 148 Å². The molecular formula is C88H92N14O16S3. The lowest BCUT2D eigenvalue weighted by Gasteiger charge is -2.38. The number of thioether (sulfide) groups is 1. The Labute approximate surface area is 707 Å². The Balaban J connectivity index is 0.000000132. The fourth-order valence-electron chi connectivity index (χ4n) is 16.4. The molecule has 0 spiro atoms. The normalized spacial score (nSPS) is 15.6. The van der Waals surface area contributed by atoms with E-state index in [2.05, 4.69) is 21.9 Å². The highest BCUT2D eigenvalue weighted by atomic mass is 32.2. The van der Waals surface area contributed by atoms with Crippen LogP contribution in [-0.4, -0.2) is 206 Å². The van der Waals surface area contributed by atoms with Gasteiger partial charge in [-0.2, -0.15) is 11.3 Å². The molecule has 0 bridgehead atoms. The molecule has 30 nitrogen and oxygen atoms in total. The molecule has 0 radical (unpaired) electrons. The van der Waals surface area contributed by atoms with Gasteiger partial charge in [0.25, 0.3) is 22.9 Å². The molecule has 0 aliphatic carbocycles. The molecule has 0 saturated carbocycles. The summed E-state index contributed by atoms with van der Waals surface area (Å²) in [5, 5.41) is 32.4. The number of ether oxygens (including phenoxy) is 2. The minimum Gasteiger partial charge on any atom is -0.472 e. The van der Waals surface area contributed by atoms with Crippen LogP contribution in [-0.2, 0) is 48.5 Å². The number of carbonyl (C=O) groups excluding carboxylic acids is 5. The van der Waals surface area contributed by atoms with E-state index in [1.807, 2.05) is 150 Å². The molecule has 5 aromatic carbocycles. The lowest BCUT2D eigenvalue weighted by Crippen LogP contribution is -2.51. The van der Waals surface area contributed by atoms with Crippen molar-refractivity contribution in [2.24, 2.45) is 21.1 Å². The van der Waals surface area contributed by atoms with Crippen molar-refractivity contribution in [3.63, 3.8) is 0 Å². The molecule has 628 valence electrons. The second-order valence-electron chi connectivity index (χ2n) is 29.6. The number of pyridine rings is 4. The number of aromatic nitrogens is 4. The number of para-hydroxylation sites is 4. The number of amides is 3. The monoisotopic (exact) mass is 1700 g/mol. The number of rotatable bonds is 17. The molecule has 5 fully saturated rings. The van der Waals surface area contributed by atoms with Crippen LogP contribution in [0.3, 0.4) is 0 Å². The summed E-state index contributed by atoms with van der Waals surface area (Å²) >= 11 is 4.75. The third-order valence-electron chi connectivity index (χ3n) is 22.5. The molecule has 1 atom stereocenters. The van der Waals surface area contributed by atoms with Crippen molar-refractivity contribution in [1.82, 2.24) is 37.9 Å². The van der Waals surface area contributed by atoms with E-state index in [4.69, 9.17) is 13.9 Å². The summed E-state index contributed by atoms with van der Waals surface area (Å²) < 4.78 is 21.4. The third-order valence-corrected chi connectivity index (χ3v) is 25.4. The fraction of sp³-hybridized carbons (Fsp3) is 0.330. The first-order valence-electron chi connectivity index (χ1n) is 40.1. The fourth-order valence-corrected chi connectivity index (χ4v) is 19.0. The summed E-state index contributed by atoms with van der Waals surface area (Å²) in [6, 6.07) is 47.3. The molecule has 17 rings (SSSR count). The lowest BCUT2D eigenvalue weighted by molar-refractivity contribution is -0.385. The summed E-state index contributed by atoms with van der Waals surface area (Å²) in [6.07, 6.45) is 4.89. The molecule has 121 heavy (non-hydrogen) atoms. The Morgan fingerprint density at radius 3 is 1.36 bits per heavy atom. The van der Waals surface area contributed by atoms with Gasteiger partial charge in [-0.3, -0.25) is 58.7 Å². The summed E-state index contributed by atoms with van der Waals surface area (Å²) in [6.45, 7) is 13.9. The van der Waals surface area contributed by atoms with Crippen molar-refractivity contribution >= 4 is 142 Å². The number of fused-ring (bicyclic) bond motifs is 4. The van der Waals surface area contributed by atoms with Gasteiger partial charge in [0.1, 0.15) is 28.8 Å². The number of piperazine rings is 4. The van der Waals surface area contributed by atoms with Gasteiger partial charge in [0.05, 0.1) is 85.0 Å². The van der Waals surface area contributed by atoms with Crippen LogP contribution < -0.4 is 41.8 Å². The van der Waals surface area contributed by atoms with Crippen molar-refractivity contribution in [2.45, 2.75) is 45.0 Å². The van der Waals surface area contributed by atoms with Gasteiger partial charge < -0.3 is 66.5 Å². The van der Waals surface area contributed by atoms with Gasteiger partial charge in [-0.15, -0.1) is 23.1 Å². The SMILES string of the molecule is CCOC(=O)c1c(N2CCN(C(=O)[C@H]3CCCS3)CC2)c2ccccc2n(C)c1=O.CCOC(=O)c1c(N2CCN(C(=O)c3cccs3)CC2)c2ccccc2n(Cc2ccsc2)c1=O.Cn1c(=O)c([N+](=O)[O-])c(N2CCN(C(=O)c3ccoc3)CC2)c2ccccc21.Cn1c(=O)c([N+](=O)[O-])c(N2CCN(Cc3ccccc3)CC2)c2ccccc21. The zero-order valence-electron chi connectivity index (χ0n) is 67.7. The summed E-state index contributed by atoms with van der Waals surface area (Å²) in [7, 11) is 4.79. The second-order valence-corrected chi connectivity index (χ2v) is 32.6. The molecule has 5 saturated heterocycles. The zero-order valence-corrected chi connectivity index (χ0v) is 70.1. The molecular weight excluding hydrogens is 1610 g/mol. The smallest absolute Gasteiger partial charge is 0.357 e. The second kappa shape index (κ2) is 38.1. The topological polar surface area (TPSA) is 317 Å². The van der Waals surface area contributed by atoms with Gasteiger partial charge in [0, 0.05) is 154 Å². The van der Waals surface area contributed by atoms with E-state index < -0.39 is 38.6 Å². The molecule has 0 N–H and O–H groups in total. The minimum atomic E-state index is -0.643. The first-order chi connectivity index (χ1) is 58.6. The summed E-state index contributed by atoms with van der Waals surface area (Å²) in [4.78, 5) is 155. The maximum absolute atomic E-state index is 13.8. The van der Waals surface area contributed by atoms with Gasteiger partial charge in [-0.1, -0.05) is 109 Å². The van der Waals surface area contributed by atoms with Crippen LogP contribution in [0.4, 0.5) is 34.1 Å². The van der Waals surface area contributed by atoms with E-state index >= 15 is 0 Å². The molecule has 7 aromatic heterocycles. The molecule has 33 heteroatoms. The van der Waals surface area contributed by atoms with Crippen molar-refractivity contribution in [3.8, 4) is 0 Å². The highest BCUT2D eigenvalue weighted by Gasteiger charge is 2.38. The lowest BCUT2D eigenvalue weighted by atomic mass is 10.1. The van der Waals surface area contributed by atoms with Crippen LogP contribution in [0, 0.1) is 20.2 Å². The van der Waals surface area contributed by atoms with Crippen LogP contribution in [0.5, 0.6) is 0 Å². The van der Waals surface area contributed by atoms with Crippen LogP contribution in [0.25, 0.3) is 43.6 Å². The van der Waals surface area contributed by atoms with Gasteiger partial charge in [0.15, 0.2) is 0 Å². The maximum Gasteiger partial charge on any atom is 0.357 e. The minimum absolute atomic E-state index is 0.0151. The number of hydrogen-bond donors (Lipinski definition) is 0. The van der Waals surface area contributed by atoms with Gasteiger partial charge in [-0.05, 0) is 102 Å². The number of nitrogens with zero attached hydrogens (tertiary/aromatic N) is 14. The molecule has 5 aliphatic rings. The van der Waals surface area contributed by atoms with E-state index in [1.54, 1.807) is 90.8 Å². The number of carbonyl (C=O) groups is 5. The Morgan fingerprint density at radius 1 is 0.463 bits per heavy atom. The quantitative estimate of drug-likeness (QED) is 0.0464. The van der Waals surface area contributed by atoms with Gasteiger partial charge in [0.2, 0.25) is 5.91 Å². The molecule has 5 aliphatic heterocycles. The standard InChI is InChI=1S/C26H25N3O4S2.C22H27N3O4S.C21H22N4O3.C19H18N4O5/c1-2-33-26(32)22-23(27-10-12-28(13-11-27)24(30)21-8-5-14-35-21)19-6-3-4-7-20(19)29(25(22)31)16-18-9-15-34-17-18;1-3-29-22(28)18-19(15-7-4-5-8-16(15)23(2)21(18)27)24-10-12-25(13-11-24)20(26)17-9-6-14-30-17;1-22-18-10-6-5-9-17(18)19(20(21(22)26)25(27)28)24-13-11-23(12-14-24)15-16-7-3-2-4-8-16;1-20-15-5-3-2-4-14(15)16(17(19(20)25)23(26)27)21-7-9-22(10-8-21)18(24)13-6-11-28-12-13/h3-9,14-15,17H,2,10-13,16H2,1H3;4-5,7-8,17H,3,6,9-14H2,1-2H3;2-10H,11-15H2,1H3;2-6,11-12H,7-10H2,1H3/t;17-;;/m.1../s1. The van der Waals surface area contributed by atoms with Crippen LogP contribution in [0.1, 0.15) is 78.6 Å². The van der Waals surface area contributed by atoms with E-state index in [1.165, 1.54) is 50.2 Å². The Bertz CT molecular complexity index is 6080. The average molecular weight is 1700 g/mol. The first-order valence-corrected chi connectivity index (χ1v) is 43.0. The van der Waals surface area contributed by atoms with Crippen molar-refractivity contribution in [2.75, 3.05) is 143 Å². The predicted octanol–water partition coefficient (Wildman–Crippen LogP) is 11.3. The molecule has 0 unspecified atom stereocenters. The highest BCUT2D eigenvalue weighted by molar-refractivity contribution is 8.00. The van der Waals surface area contributed by atoms with Crippen molar-refractivity contribution in [1.29, 1.82) is 0 Å². The number of nitro groups is 2. The summed E-state index contributed by atoms with van der Waals surface area (Å²) in [5.74, 6) is -0.0674. The van der Waals surface area contributed by atoms with E-state index in [0.717, 1.165) is 71.0 Å². The summed E-state index contributed by atoms with van der Waals surface area (Å²) in [5.41, 5.74) is 5.01. The average Bonchev–Trinajstić information content (AvgIpc) is 1.74. The number of thiophene rings is 2. The number of furan rings is 1. The van der Waals surface area contributed by atoms with E-state index in [9.17, 15) is 63.4 Å². The predicted molar refractivity (Wildman–Crippen MR) is 472 cm³/mol. The zero-order chi connectivity index (χ0) is 85.1. The number of benzene rings is 5. The van der Waals surface area contributed by atoms with Crippen molar-refractivity contribution < 1.29 is 47.7 Å². The van der Waals surface area contributed by atoms with Crippen molar-refractivity contribution in [3.05, 3.63) is 275 Å². The Kier molecular flexibility index (Phi) is 26.7. The largest absolute Gasteiger partial charge is 0.472 e. The van der Waals surface area contributed by atoms with Crippen LogP contribution in [0.2, 0.25) is 0 Å². The maximum atomic E-state index is 13.8. The Morgan fingerprint density at radius 2 is 0.909 bits per heavy atom. The highest BCUT2D eigenvalue weighted by Crippen LogP contribution is 2.39. The number of hydrogen-bond acceptors (Lipinski definition) is 24. The number of esters is 2. The molecule has 3 amide bonds. The number of aryl methyl sites for hydroxylation is 3. The number of anilines is 4. The third kappa shape index (κ3) is 18.0. The van der Waals surface area contributed by atoms with Crippen LogP contribution in [0.15, 0.2) is 204 Å². The molecule has 12 aromatic rings. The van der Waals surface area contributed by atoms with Gasteiger partial charge in [-0.25, -0.2) is 9.59 Å².